The van der Waals surface area contributed by atoms with E-state index in [1.54, 1.807) is 0 Å². The largest absolute Gasteiger partial charge is 0.460 e. The third-order valence-corrected chi connectivity index (χ3v) is 3.36. The van der Waals surface area contributed by atoms with Gasteiger partial charge in [-0.25, -0.2) is 0 Å². The third-order valence-electron chi connectivity index (χ3n) is 2.85. The zero-order chi connectivity index (χ0) is 18.3. The van der Waals surface area contributed by atoms with Crippen LogP contribution in [0.4, 0.5) is 0 Å². The van der Waals surface area contributed by atoms with Gasteiger partial charge in [-0.1, -0.05) is 45.0 Å². The van der Waals surface area contributed by atoms with Crippen LogP contribution in [0, 0.1) is 5.41 Å². The second-order valence-corrected chi connectivity index (χ2v) is 6.84. The molecule has 0 radical (unpaired) electrons. The van der Waals surface area contributed by atoms with Crippen LogP contribution in [0.15, 0.2) is 10.2 Å². The molecular formula is C10H12Cl3N7O4. The van der Waals surface area contributed by atoms with Gasteiger partial charge in [-0.05, 0) is 11.1 Å². The van der Waals surface area contributed by atoms with Crippen molar-refractivity contribution in [2.24, 2.45) is 10.2 Å². The van der Waals surface area contributed by atoms with Gasteiger partial charge in [-0.2, -0.15) is 0 Å². The maximum absolute atomic E-state index is 11.2. The highest BCUT2D eigenvalue weighted by atomic mass is 35.6. The molecule has 1 aliphatic rings. The summed E-state index contributed by atoms with van der Waals surface area (Å²) >= 11 is 16.6. The number of alkyl halides is 3. The standard InChI is InChI=1S/C10H12Cl3N7O4/c1-4(21)22-6-2-5(18-20-16)8(23-7(6)3-17-19-15)24-9(14)10(11,12)13/h5-8,14H,2-3H2,1H3/t5?,6-,7+,8?/m0/s1. The highest BCUT2D eigenvalue weighted by Gasteiger charge is 2.42. The summed E-state index contributed by atoms with van der Waals surface area (Å²) in [5.41, 5.74) is 17.1. The van der Waals surface area contributed by atoms with Crippen LogP contribution in [0.2, 0.25) is 0 Å². The number of carbonyl (C=O) groups excluding carboxylic acids is 1. The average Bonchev–Trinajstić information content (AvgIpc) is 2.46. The molecule has 1 rings (SSSR count). The molecule has 1 heterocycles. The van der Waals surface area contributed by atoms with Gasteiger partial charge in [0.1, 0.15) is 18.2 Å². The van der Waals surface area contributed by atoms with Gasteiger partial charge in [0.25, 0.3) is 3.79 Å². The lowest BCUT2D eigenvalue weighted by molar-refractivity contribution is -0.209. The van der Waals surface area contributed by atoms with Crippen LogP contribution in [0.5, 0.6) is 0 Å². The van der Waals surface area contributed by atoms with E-state index in [0.717, 1.165) is 0 Å². The van der Waals surface area contributed by atoms with E-state index >= 15 is 0 Å². The molecule has 0 spiro atoms. The van der Waals surface area contributed by atoms with Crippen molar-refractivity contribution in [1.82, 2.24) is 0 Å². The molecular weight excluding hydrogens is 389 g/mol. The maximum Gasteiger partial charge on any atom is 0.302 e. The molecule has 4 atom stereocenters. The lowest BCUT2D eigenvalue weighted by atomic mass is 10.0. The molecule has 0 bridgehead atoms. The Kier molecular flexibility index (Phi) is 7.68. The van der Waals surface area contributed by atoms with Gasteiger partial charge >= 0.3 is 5.97 Å². The van der Waals surface area contributed by atoms with Gasteiger partial charge in [-0.15, -0.1) is 0 Å². The molecule has 132 valence electrons. The van der Waals surface area contributed by atoms with E-state index in [2.05, 4.69) is 20.1 Å². The van der Waals surface area contributed by atoms with Crippen LogP contribution in [0.25, 0.3) is 20.9 Å². The van der Waals surface area contributed by atoms with Crippen molar-refractivity contribution in [1.29, 1.82) is 5.41 Å². The number of ether oxygens (including phenoxy) is 3. The number of nitrogens with one attached hydrogen (secondary N) is 1. The summed E-state index contributed by atoms with van der Waals surface area (Å²) in [6.45, 7) is 1.01. The lowest BCUT2D eigenvalue weighted by Crippen LogP contribution is -2.51. The predicted octanol–water partition coefficient (Wildman–Crippen LogP) is 3.39. The van der Waals surface area contributed by atoms with Crippen molar-refractivity contribution >= 4 is 46.7 Å². The zero-order valence-corrected chi connectivity index (χ0v) is 14.4. The molecule has 0 aromatic heterocycles. The molecule has 0 saturated carbocycles. The average molecular weight is 401 g/mol. The summed E-state index contributed by atoms with van der Waals surface area (Å²) in [5, 5.41) is 14.4. The first kappa shape index (κ1) is 20.4. The van der Waals surface area contributed by atoms with Gasteiger partial charge in [0, 0.05) is 23.2 Å². The van der Waals surface area contributed by atoms with E-state index in [1.165, 1.54) is 6.92 Å². The van der Waals surface area contributed by atoms with E-state index in [9.17, 15) is 4.79 Å². The minimum atomic E-state index is -2.14. The van der Waals surface area contributed by atoms with Crippen molar-refractivity contribution in [3.63, 3.8) is 0 Å². The van der Waals surface area contributed by atoms with E-state index in [0.29, 0.717) is 0 Å². The molecule has 11 nitrogen and oxygen atoms in total. The molecule has 0 aliphatic carbocycles. The van der Waals surface area contributed by atoms with E-state index in [4.69, 9.17) is 65.5 Å². The van der Waals surface area contributed by atoms with Crippen molar-refractivity contribution in [3.8, 4) is 0 Å². The second kappa shape index (κ2) is 9.03. The van der Waals surface area contributed by atoms with Gasteiger partial charge in [-0.3, -0.25) is 10.2 Å². The first-order valence-corrected chi connectivity index (χ1v) is 7.52. The summed E-state index contributed by atoms with van der Waals surface area (Å²) in [6.07, 6.45) is -3.00. The second-order valence-electron chi connectivity index (χ2n) is 4.56. The van der Waals surface area contributed by atoms with Gasteiger partial charge in [0.05, 0.1) is 6.54 Å². The fourth-order valence-corrected chi connectivity index (χ4v) is 2.06. The van der Waals surface area contributed by atoms with Crippen molar-refractivity contribution in [2.45, 2.75) is 41.7 Å². The van der Waals surface area contributed by atoms with Crippen molar-refractivity contribution in [3.05, 3.63) is 20.9 Å². The minimum absolute atomic E-state index is 0.00700. The Morgan fingerprint density at radius 2 is 2.04 bits per heavy atom. The highest BCUT2D eigenvalue weighted by Crippen LogP contribution is 2.32. The maximum atomic E-state index is 11.2. The van der Waals surface area contributed by atoms with E-state index in [1.807, 2.05) is 0 Å². The Morgan fingerprint density at radius 3 is 2.54 bits per heavy atom. The molecule has 1 aliphatic heterocycles. The molecule has 1 N–H and O–H groups in total. The summed E-state index contributed by atoms with van der Waals surface area (Å²) in [5.74, 6) is -1.34. The Bertz CT molecular complexity index is 585. The summed E-state index contributed by atoms with van der Waals surface area (Å²) in [7, 11) is 0. The zero-order valence-electron chi connectivity index (χ0n) is 12.2. The predicted molar refractivity (Wildman–Crippen MR) is 84.9 cm³/mol. The number of carbonyl (C=O) groups is 1. The molecule has 1 saturated heterocycles. The Morgan fingerprint density at radius 1 is 1.38 bits per heavy atom. The molecule has 0 amide bonds. The number of nitrogens with zero attached hydrogens (tertiary/aromatic N) is 6. The third kappa shape index (κ3) is 6.12. The van der Waals surface area contributed by atoms with E-state index < -0.39 is 40.2 Å². The van der Waals surface area contributed by atoms with Crippen molar-refractivity contribution in [2.75, 3.05) is 6.54 Å². The topological polar surface area (TPSA) is 166 Å². The van der Waals surface area contributed by atoms with Gasteiger partial charge in [0.2, 0.25) is 12.2 Å². The van der Waals surface area contributed by atoms with Crippen LogP contribution in [-0.4, -0.2) is 46.7 Å². The molecule has 14 heteroatoms. The molecule has 24 heavy (non-hydrogen) atoms. The smallest absolute Gasteiger partial charge is 0.302 e. The SMILES string of the molecule is CC(=O)O[C@H]1CC(N=[N+]=[N-])C(OC(=N)C(Cl)(Cl)Cl)O[C@@H]1CN=[N+]=[N-]. The van der Waals surface area contributed by atoms with E-state index in [-0.39, 0.29) is 13.0 Å². The number of halogens is 3. The molecule has 1 fully saturated rings. The van der Waals surface area contributed by atoms with Crippen LogP contribution in [-0.2, 0) is 19.0 Å². The van der Waals surface area contributed by atoms with Crippen LogP contribution >= 0.6 is 34.8 Å². The fraction of sp³-hybridized carbons (Fsp3) is 0.800. The normalized spacial score (nSPS) is 26.5. The lowest BCUT2D eigenvalue weighted by Gasteiger charge is -2.38. The Hall–Kier alpha value is -1.61. The number of hydrogen-bond acceptors (Lipinski definition) is 7. The van der Waals surface area contributed by atoms with Crippen molar-refractivity contribution < 1.29 is 19.0 Å². The van der Waals surface area contributed by atoms with Crippen LogP contribution < -0.4 is 0 Å². The Labute approximate surface area is 150 Å². The number of azide groups is 2. The molecule has 0 aromatic rings. The number of esters is 1. The number of rotatable bonds is 5. The number of hydrogen-bond donors (Lipinski definition) is 1. The monoisotopic (exact) mass is 399 g/mol. The molecule has 2 unspecified atom stereocenters. The van der Waals surface area contributed by atoms with Crippen LogP contribution in [0.1, 0.15) is 13.3 Å². The Balaban J connectivity index is 3.00. The van der Waals surface area contributed by atoms with Crippen LogP contribution in [0.3, 0.4) is 0 Å². The fourth-order valence-electron chi connectivity index (χ4n) is 1.92. The molecule has 0 aromatic carbocycles. The summed E-state index contributed by atoms with van der Waals surface area (Å²) in [4.78, 5) is 16.4. The first-order chi connectivity index (χ1) is 11.2. The van der Waals surface area contributed by atoms with Gasteiger partial charge in [0.15, 0.2) is 0 Å². The summed E-state index contributed by atoms with van der Waals surface area (Å²) < 4.78 is 13.5. The minimum Gasteiger partial charge on any atom is -0.460 e. The first-order valence-electron chi connectivity index (χ1n) is 6.39. The van der Waals surface area contributed by atoms with Gasteiger partial charge < -0.3 is 14.2 Å². The quantitative estimate of drug-likeness (QED) is 0.142. The highest BCUT2D eigenvalue weighted by molar-refractivity contribution is 6.76. The summed E-state index contributed by atoms with van der Waals surface area (Å²) in [6, 6.07) is -0.964.